The molecule has 0 heterocycles. The van der Waals surface area contributed by atoms with Crippen molar-refractivity contribution in [3.8, 4) is 0 Å². The fourth-order valence-corrected chi connectivity index (χ4v) is 3.01. The van der Waals surface area contributed by atoms with Gasteiger partial charge in [0.1, 0.15) is 0 Å². The first-order chi connectivity index (χ1) is 6.63. The van der Waals surface area contributed by atoms with Crippen LogP contribution in [0.15, 0.2) is 0 Å². The Bertz CT molecular complexity index is 162. The summed E-state index contributed by atoms with van der Waals surface area (Å²) in [4.78, 5) is 2.00. The molecule has 0 aliphatic rings. The monoisotopic (exact) mass is 267 g/mol. The van der Waals surface area contributed by atoms with Gasteiger partial charge in [-0.25, -0.2) is 0 Å². The summed E-state index contributed by atoms with van der Waals surface area (Å²) in [6, 6.07) is 0. The molecule has 1 N–H and O–H groups in total. The Labute approximate surface area is 106 Å². The first kappa shape index (κ1) is 14.7. The van der Waals surface area contributed by atoms with Crippen LogP contribution in [-0.2, 0) is 0 Å². The third-order valence-corrected chi connectivity index (χ3v) is 4.24. The highest BCUT2D eigenvalue weighted by molar-refractivity contribution is 8.76. The molecule has 0 spiro atoms. The zero-order chi connectivity index (χ0) is 10.8. The van der Waals surface area contributed by atoms with Crippen molar-refractivity contribution in [1.29, 1.82) is 0 Å². The lowest BCUT2D eigenvalue weighted by atomic mass is 10.3. The van der Waals surface area contributed by atoms with Crippen molar-refractivity contribution in [3.05, 3.63) is 0 Å². The van der Waals surface area contributed by atoms with E-state index in [0.717, 1.165) is 28.6 Å². The van der Waals surface area contributed by atoms with Gasteiger partial charge in [-0.2, -0.15) is 0 Å². The summed E-state index contributed by atoms with van der Waals surface area (Å²) in [5, 5.41) is 3.13. The Kier molecular flexibility index (Phi) is 10.7. The molecule has 5 heteroatoms. The van der Waals surface area contributed by atoms with Crippen molar-refractivity contribution in [3.63, 3.8) is 0 Å². The van der Waals surface area contributed by atoms with Crippen LogP contribution in [0, 0.1) is 0 Å². The maximum atomic E-state index is 5.00. The summed E-state index contributed by atoms with van der Waals surface area (Å²) >= 11 is 9.91. The van der Waals surface area contributed by atoms with E-state index in [4.69, 9.17) is 24.4 Å². The van der Waals surface area contributed by atoms with Gasteiger partial charge in [0.05, 0.1) is 4.99 Å². The first-order valence-electron chi connectivity index (χ1n) is 4.61. The molecule has 0 rings (SSSR count). The van der Waals surface area contributed by atoms with E-state index in [2.05, 4.69) is 5.32 Å². The number of rotatable bonds is 8. The van der Waals surface area contributed by atoms with Gasteiger partial charge in [-0.05, 0) is 31.6 Å². The topological polar surface area (TPSA) is 12.0 Å². The minimum atomic E-state index is 0.881. The molecule has 0 bridgehead atoms. The maximum absolute atomic E-state index is 5.00. The fourth-order valence-electron chi connectivity index (χ4n) is 0.767. The molecule has 0 aliphatic carbocycles. The van der Waals surface area contributed by atoms with Crippen molar-refractivity contribution < 1.29 is 0 Å². The Morgan fingerprint density at radius 2 is 1.79 bits per heavy atom. The van der Waals surface area contributed by atoms with Crippen LogP contribution >= 0.6 is 46.0 Å². The molecular formula is C9H17NS4. The van der Waals surface area contributed by atoms with Crippen molar-refractivity contribution in [1.82, 2.24) is 5.32 Å². The van der Waals surface area contributed by atoms with Crippen LogP contribution in [-0.4, -0.2) is 27.9 Å². The predicted octanol–water partition coefficient (Wildman–Crippen LogP) is 3.47. The lowest BCUT2D eigenvalue weighted by Gasteiger charge is -2.03. The van der Waals surface area contributed by atoms with Crippen molar-refractivity contribution in [2.24, 2.45) is 0 Å². The Hall–Kier alpha value is 0.680. The Morgan fingerprint density at radius 1 is 1.14 bits per heavy atom. The van der Waals surface area contributed by atoms with E-state index in [0.29, 0.717) is 0 Å². The third-order valence-electron chi connectivity index (χ3n) is 1.40. The average Bonchev–Trinajstić information content (AvgIpc) is 2.08. The van der Waals surface area contributed by atoms with Crippen LogP contribution in [0.25, 0.3) is 0 Å². The number of nitrogens with one attached hydrogen (secondary N) is 1. The standard InChI is InChI=1S/C9H17NS4/c1-8(11)4-3-6-13-14-7-5-10-9(2)12/h3-7H2,1-2H3,(H,10,12). The average molecular weight is 268 g/mol. The lowest BCUT2D eigenvalue weighted by Crippen LogP contribution is -2.20. The minimum absolute atomic E-state index is 0.881. The quantitative estimate of drug-likeness (QED) is 0.409. The lowest BCUT2D eigenvalue weighted by molar-refractivity contribution is 0.991. The highest BCUT2D eigenvalue weighted by Gasteiger charge is 1.93. The number of thiocarbonyl (C=S) groups is 2. The van der Waals surface area contributed by atoms with Crippen LogP contribution in [0.2, 0.25) is 0 Å². The second kappa shape index (κ2) is 10.2. The smallest absolute Gasteiger partial charge is 0.0722 e. The molecule has 0 saturated carbocycles. The summed E-state index contributed by atoms with van der Waals surface area (Å²) in [5.74, 6) is 2.30. The summed E-state index contributed by atoms with van der Waals surface area (Å²) in [6.45, 7) is 4.90. The van der Waals surface area contributed by atoms with E-state index < -0.39 is 0 Å². The zero-order valence-corrected chi connectivity index (χ0v) is 11.9. The van der Waals surface area contributed by atoms with Gasteiger partial charge < -0.3 is 5.32 Å². The van der Waals surface area contributed by atoms with E-state index >= 15 is 0 Å². The Balaban J connectivity index is 2.99. The second-order valence-corrected chi connectivity index (χ2v) is 6.94. The van der Waals surface area contributed by atoms with Gasteiger partial charge in [-0.15, -0.1) is 0 Å². The molecule has 0 amide bonds. The highest BCUT2D eigenvalue weighted by atomic mass is 33.1. The maximum Gasteiger partial charge on any atom is 0.0722 e. The van der Waals surface area contributed by atoms with Gasteiger partial charge in [-0.3, -0.25) is 0 Å². The van der Waals surface area contributed by atoms with Crippen molar-refractivity contribution in [2.45, 2.75) is 26.7 Å². The first-order valence-corrected chi connectivity index (χ1v) is 7.91. The SMILES string of the molecule is CC(=S)CCCSSCCNC(C)=S. The molecule has 14 heavy (non-hydrogen) atoms. The number of hydrogen-bond acceptors (Lipinski definition) is 4. The molecular weight excluding hydrogens is 250 g/mol. The van der Waals surface area contributed by atoms with E-state index in [1.807, 2.05) is 35.4 Å². The van der Waals surface area contributed by atoms with Crippen molar-refractivity contribution >= 4 is 55.9 Å². The van der Waals surface area contributed by atoms with Crippen LogP contribution in [0.1, 0.15) is 26.7 Å². The zero-order valence-electron chi connectivity index (χ0n) is 8.67. The second-order valence-electron chi connectivity index (χ2n) is 2.93. The molecule has 1 nitrogen and oxygen atoms in total. The third kappa shape index (κ3) is 12.7. The van der Waals surface area contributed by atoms with Crippen LogP contribution in [0.3, 0.4) is 0 Å². The van der Waals surface area contributed by atoms with E-state index in [9.17, 15) is 0 Å². The number of hydrogen-bond donors (Lipinski definition) is 1. The largest absolute Gasteiger partial charge is 0.379 e. The van der Waals surface area contributed by atoms with Gasteiger partial charge in [0.25, 0.3) is 0 Å². The van der Waals surface area contributed by atoms with Crippen LogP contribution < -0.4 is 5.32 Å². The normalized spacial score (nSPS) is 9.86. The molecule has 0 atom stereocenters. The predicted molar refractivity (Wildman–Crippen MR) is 78.7 cm³/mol. The Morgan fingerprint density at radius 3 is 2.36 bits per heavy atom. The van der Waals surface area contributed by atoms with E-state index in [1.165, 1.54) is 12.2 Å². The molecule has 0 aliphatic heterocycles. The summed E-state index contributed by atoms with van der Waals surface area (Å²) in [7, 11) is 3.82. The highest BCUT2D eigenvalue weighted by Crippen LogP contribution is 2.21. The van der Waals surface area contributed by atoms with E-state index in [-0.39, 0.29) is 0 Å². The molecule has 0 aromatic rings. The van der Waals surface area contributed by atoms with E-state index in [1.54, 1.807) is 0 Å². The molecule has 0 fully saturated rings. The minimum Gasteiger partial charge on any atom is -0.379 e. The van der Waals surface area contributed by atoms with Gasteiger partial charge in [0, 0.05) is 18.1 Å². The van der Waals surface area contributed by atoms with Crippen LogP contribution in [0.5, 0.6) is 0 Å². The van der Waals surface area contributed by atoms with Gasteiger partial charge >= 0.3 is 0 Å². The van der Waals surface area contributed by atoms with Crippen molar-refractivity contribution in [2.75, 3.05) is 18.1 Å². The molecule has 82 valence electrons. The summed E-state index contributed by atoms with van der Waals surface area (Å²) in [5.41, 5.74) is 0. The summed E-state index contributed by atoms with van der Waals surface area (Å²) < 4.78 is 0. The molecule has 0 unspecified atom stereocenters. The molecule has 0 saturated heterocycles. The fraction of sp³-hybridized carbons (Fsp3) is 0.778. The molecule has 0 radical (unpaired) electrons. The molecule has 0 aromatic heterocycles. The summed E-state index contributed by atoms with van der Waals surface area (Å²) in [6.07, 6.45) is 2.28. The van der Waals surface area contributed by atoms with Gasteiger partial charge in [0.2, 0.25) is 0 Å². The van der Waals surface area contributed by atoms with Gasteiger partial charge in [-0.1, -0.05) is 46.0 Å². The van der Waals surface area contributed by atoms with Gasteiger partial charge in [0.15, 0.2) is 0 Å². The van der Waals surface area contributed by atoms with Crippen LogP contribution in [0.4, 0.5) is 0 Å². The molecule has 0 aromatic carbocycles.